The molecule has 0 spiro atoms. The van der Waals surface area contributed by atoms with Crippen molar-refractivity contribution < 1.29 is 23.7 Å². The van der Waals surface area contributed by atoms with Crippen LogP contribution >= 0.6 is 19.4 Å². The van der Waals surface area contributed by atoms with E-state index in [9.17, 15) is 9.36 Å². The van der Waals surface area contributed by atoms with Gasteiger partial charge in [0.15, 0.2) is 0 Å². The Hall–Kier alpha value is -1.63. The van der Waals surface area contributed by atoms with Crippen molar-refractivity contribution in [2.24, 2.45) is 11.7 Å². The summed E-state index contributed by atoms with van der Waals surface area (Å²) in [6.07, 6.45) is 4.70. The zero-order chi connectivity index (χ0) is 24.8. The second-order valence-corrected chi connectivity index (χ2v) is 10.3. The van der Waals surface area contributed by atoms with Gasteiger partial charge in [-0.1, -0.05) is 63.8 Å². The van der Waals surface area contributed by atoms with E-state index in [0.29, 0.717) is 35.9 Å². The van der Waals surface area contributed by atoms with Gasteiger partial charge in [0.1, 0.15) is 0 Å². The maximum atomic E-state index is 12.7. The molecule has 0 aliphatic rings. The number of aromatic nitrogens is 1. The minimum absolute atomic E-state index is 0.0877. The third kappa shape index (κ3) is 7.43. The van der Waals surface area contributed by atoms with Crippen LogP contribution in [-0.2, 0) is 28.5 Å². The number of hydrogen-bond acceptors (Lipinski definition) is 3. The topological polar surface area (TPSA) is 115 Å². The molecule has 184 valence electrons. The maximum Gasteiger partial charge on any atom is 0.469 e. The highest BCUT2D eigenvalue weighted by molar-refractivity contribution is 7.46. The number of rotatable bonds is 13. The van der Waals surface area contributed by atoms with E-state index in [4.69, 9.17) is 27.1 Å². The Bertz CT molecular complexity index is 1010. The van der Waals surface area contributed by atoms with Crippen LogP contribution in [0.25, 0.3) is 11.1 Å². The summed E-state index contributed by atoms with van der Waals surface area (Å²) in [6.45, 7) is 8.68. The number of nitrogens with zero attached hydrogens (tertiary/aromatic N) is 1. The highest BCUT2D eigenvalue weighted by atomic mass is 35.5. The Balaban J connectivity index is 2.68. The number of hydrogen-bond donors (Lipinski definition) is 3. The number of carbonyl (C=O) groups excluding carboxylic acids is 1. The van der Waals surface area contributed by atoms with E-state index in [1.165, 1.54) is 0 Å². The molecule has 7 nitrogen and oxygen atoms in total. The molecule has 1 atom stereocenters. The van der Waals surface area contributed by atoms with E-state index < -0.39 is 13.7 Å². The molecule has 0 bridgehead atoms. The first-order chi connectivity index (χ1) is 15.5. The van der Waals surface area contributed by atoms with Gasteiger partial charge < -0.3 is 20.1 Å². The van der Waals surface area contributed by atoms with Gasteiger partial charge in [-0.15, -0.1) is 0 Å². The first-order valence-electron chi connectivity index (χ1n) is 11.5. The predicted octanol–water partition coefficient (Wildman–Crippen LogP) is 5.65. The van der Waals surface area contributed by atoms with E-state index in [0.717, 1.165) is 53.8 Å². The average Bonchev–Trinajstić information content (AvgIpc) is 3.00. The fourth-order valence-corrected chi connectivity index (χ4v) is 4.90. The summed E-state index contributed by atoms with van der Waals surface area (Å²) in [5.41, 5.74) is 10.9. The van der Waals surface area contributed by atoms with Crippen molar-refractivity contribution in [2.45, 2.75) is 72.8 Å². The van der Waals surface area contributed by atoms with Crippen LogP contribution in [0.1, 0.15) is 73.8 Å². The number of carbonyl (C=O) groups is 1. The van der Waals surface area contributed by atoms with Crippen molar-refractivity contribution in [3.63, 3.8) is 0 Å². The lowest BCUT2D eigenvalue weighted by Crippen LogP contribution is -2.16. The van der Waals surface area contributed by atoms with Gasteiger partial charge in [0.05, 0.1) is 12.2 Å². The normalized spacial score (nSPS) is 12.8. The van der Waals surface area contributed by atoms with Crippen molar-refractivity contribution in [1.82, 2.24) is 4.57 Å². The van der Waals surface area contributed by atoms with Gasteiger partial charge in [0.25, 0.3) is 5.91 Å². The average molecular weight is 499 g/mol. The lowest BCUT2D eigenvalue weighted by atomic mass is 9.92. The second-order valence-electron chi connectivity index (χ2n) is 8.65. The summed E-state index contributed by atoms with van der Waals surface area (Å²) in [7, 11) is -4.53. The zero-order valence-corrected chi connectivity index (χ0v) is 21.6. The molecule has 33 heavy (non-hydrogen) atoms. The van der Waals surface area contributed by atoms with Gasteiger partial charge >= 0.3 is 7.82 Å². The van der Waals surface area contributed by atoms with Gasteiger partial charge in [-0.05, 0) is 49.3 Å². The molecule has 9 heteroatoms. The number of phosphoric ester groups is 1. The SMILES string of the molecule is CCCc1c(C(N)=O)c(-c2ccc(C)c(Cl)c2)c(CC(C)CCC)n1CCCOP(=O)(O)O. The molecule has 0 fully saturated rings. The highest BCUT2D eigenvalue weighted by Gasteiger charge is 2.27. The van der Waals surface area contributed by atoms with Crippen LogP contribution in [0, 0.1) is 12.8 Å². The van der Waals surface area contributed by atoms with E-state index in [-0.39, 0.29) is 6.61 Å². The lowest BCUT2D eigenvalue weighted by molar-refractivity contribution is 0.0999. The van der Waals surface area contributed by atoms with Crippen molar-refractivity contribution >= 4 is 25.3 Å². The largest absolute Gasteiger partial charge is 0.469 e. The number of amides is 1. The third-order valence-electron chi connectivity index (χ3n) is 5.78. The number of aryl methyl sites for hydroxylation is 1. The van der Waals surface area contributed by atoms with E-state index in [1.54, 1.807) is 0 Å². The van der Waals surface area contributed by atoms with E-state index in [1.807, 2.05) is 32.0 Å². The molecule has 4 N–H and O–H groups in total. The molecule has 1 aromatic carbocycles. The fraction of sp³-hybridized carbons (Fsp3) is 0.542. The molecule has 2 aromatic rings. The Kier molecular flexibility index (Phi) is 10.2. The Morgan fingerprint density at radius 3 is 2.48 bits per heavy atom. The predicted molar refractivity (Wildman–Crippen MR) is 133 cm³/mol. The van der Waals surface area contributed by atoms with E-state index in [2.05, 4.69) is 22.9 Å². The van der Waals surface area contributed by atoms with Gasteiger partial charge in [-0.3, -0.25) is 9.32 Å². The molecule has 1 heterocycles. The summed E-state index contributed by atoms with van der Waals surface area (Å²) < 4.78 is 17.8. The maximum absolute atomic E-state index is 12.7. The smallest absolute Gasteiger partial charge is 0.366 e. The number of primary amides is 1. The molecule has 0 saturated heterocycles. The molecular formula is C24H36ClN2O5P. The van der Waals surface area contributed by atoms with Crippen molar-refractivity contribution in [3.8, 4) is 11.1 Å². The summed E-state index contributed by atoms with van der Waals surface area (Å²) in [4.78, 5) is 30.8. The number of benzene rings is 1. The Labute approximate surface area is 201 Å². The zero-order valence-electron chi connectivity index (χ0n) is 19.9. The second kappa shape index (κ2) is 12.2. The molecule has 1 unspecified atom stereocenters. The first-order valence-corrected chi connectivity index (χ1v) is 13.4. The summed E-state index contributed by atoms with van der Waals surface area (Å²) >= 11 is 6.44. The van der Waals surface area contributed by atoms with Crippen LogP contribution < -0.4 is 5.73 Å². The van der Waals surface area contributed by atoms with E-state index >= 15 is 0 Å². The molecule has 0 aliphatic heterocycles. The summed E-state index contributed by atoms with van der Waals surface area (Å²) in [6, 6.07) is 5.78. The van der Waals surface area contributed by atoms with Crippen LogP contribution in [-0.4, -0.2) is 26.9 Å². The molecular weight excluding hydrogens is 463 g/mol. The summed E-state index contributed by atoms with van der Waals surface area (Å²) in [5.74, 6) is -0.107. The number of phosphoric acid groups is 1. The van der Waals surface area contributed by atoms with Crippen LogP contribution in [0.3, 0.4) is 0 Å². The van der Waals surface area contributed by atoms with Crippen LogP contribution in [0.15, 0.2) is 18.2 Å². The minimum Gasteiger partial charge on any atom is -0.366 e. The minimum atomic E-state index is -4.53. The first kappa shape index (κ1) is 27.6. The molecule has 0 aliphatic carbocycles. The van der Waals surface area contributed by atoms with Crippen LogP contribution in [0.5, 0.6) is 0 Å². The molecule has 1 aromatic heterocycles. The van der Waals surface area contributed by atoms with Crippen molar-refractivity contribution in [2.75, 3.05) is 6.61 Å². The summed E-state index contributed by atoms with van der Waals surface area (Å²) in [5, 5.41) is 0.621. The monoisotopic (exact) mass is 498 g/mol. The fourth-order valence-electron chi connectivity index (χ4n) is 4.36. The molecule has 1 amide bonds. The Morgan fingerprint density at radius 2 is 1.94 bits per heavy atom. The number of halogens is 1. The molecule has 2 rings (SSSR count). The standard InChI is InChI=1S/C24H36ClN2O5P/c1-5-8-16(3)14-21-22(18-11-10-17(4)19(25)15-18)23(24(26)28)20(9-6-2)27(21)12-7-13-32-33(29,30)31/h10-11,15-16H,5-9,12-14H2,1-4H3,(H2,26,28)(H2,29,30,31). The van der Waals surface area contributed by atoms with Crippen molar-refractivity contribution in [1.29, 1.82) is 0 Å². The van der Waals surface area contributed by atoms with Gasteiger partial charge in [-0.2, -0.15) is 0 Å². The van der Waals surface area contributed by atoms with Crippen LogP contribution in [0.4, 0.5) is 0 Å². The third-order valence-corrected chi connectivity index (χ3v) is 6.71. The number of nitrogens with two attached hydrogens (primary N) is 1. The highest BCUT2D eigenvalue weighted by Crippen LogP contribution is 2.38. The van der Waals surface area contributed by atoms with Crippen molar-refractivity contribution in [3.05, 3.63) is 45.7 Å². The van der Waals surface area contributed by atoms with Gasteiger partial charge in [-0.25, -0.2) is 4.57 Å². The molecule has 0 saturated carbocycles. The lowest BCUT2D eigenvalue weighted by Gasteiger charge is -2.18. The quantitative estimate of drug-likeness (QED) is 0.244. The van der Waals surface area contributed by atoms with Gasteiger partial charge in [0, 0.05) is 28.5 Å². The van der Waals surface area contributed by atoms with Crippen LogP contribution in [0.2, 0.25) is 5.02 Å². The Morgan fingerprint density at radius 1 is 1.24 bits per heavy atom. The van der Waals surface area contributed by atoms with Gasteiger partial charge in [0.2, 0.25) is 0 Å². The molecule has 0 radical (unpaired) electrons.